The third kappa shape index (κ3) is 4.15. The molecule has 3 rings (SSSR count). The highest BCUT2D eigenvalue weighted by molar-refractivity contribution is 5.96. The minimum Gasteiger partial charge on any atom is -0.484 e. The highest BCUT2D eigenvalue weighted by atomic mass is 19.1. The lowest BCUT2D eigenvalue weighted by molar-refractivity contribution is -0.123. The van der Waals surface area contributed by atoms with Crippen molar-refractivity contribution < 1.29 is 18.7 Å². The van der Waals surface area contributed by atoms with Gasteiger partial charge in [0.1, 0.15) is 11.6 Å². The maximum atomic E-state index is 13.3. The summed E-state index contributed by atoms with van der Waals surface area (Å²) in [4.78, 5) is 25.7. The Morgan fingerprint density at radius 1 is 1.28 bits per heavy atom. The molecule has 2 aromatic carbocycles. The number of para-hydroxylation sites is 1. The van der Waals surface area contributed by atoms with Crippen molar-refractivity contribution in [2.45, 2.75) is 19.4 Å². The summed E-state index contributed by atoms with van der Waals surface area (Å²) in [5.41, 5.74) is 1.45. The third-order valence-corrected chi connectivity index (χ3v) is 4.06. The van der Waals surface area contributed by atoms with Crippen molar-refractivity contribution in [1.82, 2.24) is 5.32 Å². The minimum absolute atomic E-state index is 0.116. The highest BCUT2D eigenvalue weighted by Crippen LogP contribution is 2.22. The zero-order valence-electron chi connectivity index (χ0n) is 13.9. The number of rotatable bonds is 5. The van der Waals surface area contributed by atoms with E-state index in [1.807, 2.05) is 25.1 Å². The third-order valence-electron chi connectivity index (χ3n) is 4.06. The van der Waals surface area contributed by atoms with E-state index in [2.05, 4.69) is 5.32 Å². The van der Waals surface area contributed by atoms with Crippen LogP contribution < -0.4 is 15.0 Å². The molecule has 1 N–H and O–H groups in total. The second-order valence-electron chi connectivity index (χ2n) is 6.01. The number of carbonyl (C=O) groups is 2. The van der Waals surface area contributed by atoms with Crippen molar-refractivity contribution in [3.63, 3.8) is 0 Å². The predicted octanol–water partition coefficient (Wildman–Crippen LogP) is 2.43. The van der Waals surface area contributed by atoms with Gasteiger partial charge in [0.2, 0.25) is 5.91 Å². The first kappa shape index (κ1) is 17.0. The molecule has 1 aliphatic rings. The molecular weight excluding hydrogens is 323 g/mol. The summed E-state index contributed by atoms with van der Waals surface area (Å²) in [6.45, 7) is 2.10. The molecule has 0 aromatic heterocycles. The fraction of sp³-hybridized carbons (Fsp3) is 0.263. The number of carbonyl (C=O) groups excluding carboxylic acids is 2. The van der Waals surface area contributed by atoms with E-state index < -0.39 is 5.82 Å². The molecule has 0 spiro atoms. The SMILES string of the molecule is Cc1ccccc1OCC(=O)NC1CC(=O)N(c2cccc(F)c2)C1. The number of nitrogens with one attached hydrogen (secondary N) is 1. The lowest BCUT2D eigenvalue weighted by Gasteiger charge is -2.17. The van der Waals surface area contributed by atoms with Crippen LogP contribution >= 0.6 is 0 Å². The number of amides is 2. The van der Waals surface area contributed by atoms with Crippen LogP contribution in [0.2, 0.25) is 0 Å². The van der Waals surface area contributed by atoms with Gasteiger partial charge in [0, 0.05) is 18.7 Å². The van der Waals surface area contributed by atoms with Gasteiger partial charge in [-0.2, -0.15) is 0 Å². The molecule has 130 valence electrons. The van der Waals surface area contributed by atoms with Gasteiger partial charge < -0.3 is 15.0 Å². The van der Waals surface area contributed by atoms with Crippen LogP contribution in [-0.2, 0) is 9.59 Å². The van der Waals surface area contributed by atoms with Gasteiger partial charge in [0.25, 0.3) is 5.91 Å². The van der Waals surface area contributed by atoms with Crippen molar-refractivity contribution in [2.24, 2.45) is 0 Å². The molecule has 0 aliphatic carbocycles. The topological polar surface area (TPSA) is 58.6 Å². The van der Waals surface area contributed by atoms with Gasteiger partial charge in [-0.1, -0.05) is 24.3 Å². The van der Waals surface area contributed by atoms with E-state index in [1.165, 1.54) is 17.0 Å². The van der Waals surface area contributed by atoms with E-state index in [0.717, 1.165) is 5.56 Å². The van der Waals surface area contributed by atoms with Crippen LogP contribution in [0.3, 0.4) is 0 Å². The summed E-state index contributed by atoms with van der Waals surface area (Å²) in [6.07, 6.45) is 0.187. The van der Waals surface area contributed by atoms with Crippen molar-refractivity contribution in [3.05, 3.63) is 59.9 Å². The average Bonchev–Trinajstić information content (AvgIpc) is 2.94. The normalized spacial score (nSPS) is 16.8. The first-order chi connectivity index (χ1) is 12.0. The largest absolute Gasteiger partial charge is 0.484 e. The molecule has 0 saturated carbocycles. The Morgan fingerprint density at radius 3 is 2.84 bits per heavy atom. The molecule has 1 saturated heterocycles. The standard InChI is InChI=1S/C19H19FN2O3/c1-13-5-2-3-8-17(13)25-12-18(23)21-15-10-19(24)22(11-15)16-7-4-6-14(20)9-16/h2-9,15H,10-12H2,1H3,(H,21,23). The second kappa shape index (κ2) is 7.34. The van der Waals surface area contributed by atoms with Gasteiger partial charge in [0.05, 0.1) is 6.04 Å². The fourth-order valence-corrected chi connectivity index (χ4v) is 2.83. The molecule has 6 heteroatoms. The first-order valence-electron chi connectivity index (χ1n) is 8.06. The molecule has 0 bridgehead atoms. The number of nitrogens with zero attached hydrogens (tertiary/aromatic N) is 1. The number of ether oxygens (including phenoxy) is 1. The summed E-state index contributed by atoms with van der Waals surface area (Å²) in [6, 6.07) is 13.0. The molecule has 25 heavy (non-hydrogen) atoms. The number of benzene rings is 2. The van der Waals surface area contributed by atoms with E-state index in [9.17, 15) is 14.0 Å². The van der Waals surface area contributed by atoms with E-state index in [4.69, 9.17) is 4.74 Å². The van der Waals surface area contributed by atoms with Crippen molar-refractivity contribution in [2.75, 3.05) is 18.1 Å². The summed E-state index contributed by atoms with van der Waals surface area (Å²) >= 11 is 0. The Hall–Kier alpha value is -2.89. The number of hydrogen-bond donors (Lipinski definition) is 1. The minimum atomic E-state index is -0.399. The molecule has 1 atom stereocenters. The van der Waals surface area contributed by atoms with Crippen molar-refractivity contribution in [1.29, 1.82) is 0 Å². The highest BCUT2D eigenvalue weighted by Gasteiger charge is 2.31. The molecule has 2 amide bonds. The van der Waals surface area contributed by atoms with E-state index in [0.29, 0.717) is 18.0 Å². The Labute approximate surface area is 145 Å². The molecule has 1 unspecified atom stereocenters. The second-order valence-corrected chi connectivity index (χ2v) is 6.01. The summed E-state index contributed by atoms with van der Waals surface area (Å²) in [5.74, 6) is -0.177. The Kier molecular flexibility index (Phi) is 4.97. The monoisotopic (exact) mass is 342 g/mol. The predicted molar refractivity (Wildman–Crippen MR) is 92.0 cm³/mol. The van der Waals surface area contributed by atoms with Crippen LogP contribution in [0.15, 0.2) is 48.5 Å². The van der Waals surface area contributed by atoms with E-state index in [1.54, 1.807) is 18.2 Å². The molecule has 2 aromatic rings. The van der Waals surface area contributed by atoms with Gasteiger partial charge in [-0.15, -0.1) is 0 Å². The summed E-state index contributed by atoms with van der Waals surface area (Å²) < 4.78 is 18.8. The molecule has 0 radical (unpaired) electrons. The maximum Gasteiger partial charge on any atom is 0.258 e. The van der Waals surface area contributed by atoms with Crippen LogP contribution in [0.1, 0.15) is 12.0 Å². The van der Waals surface area contributed by atoms with Crippen molar-refractivity contribution in [3.8, 4) is 5.75 Å². The molecular formula is C19H19FN2O3. The molecule has 1 fully saturated rings. The number of halogens is 1. The zero-order chi connectivity index (χ0) is 17.8. The first-order valence-corrected chi connectivity index (χ1v) is 8.06. The van der Waals surface area contributed by atoms with Gasteiger partial charge in [-0.3, -0.25) is 9.59 Å². The summed E-state index contributed by atoms with van der Waals surface area (Å²) in [7, 11) is 0. The number of aryl methyl sites for hydroxylation is 1. The Bertz CT molecular complexity index is 794. The number of anilines is 1. The van der Waals surface area contributed by atoms with Gasteiger partial charge in [0.15, 0.2) is 6.61 Å². The van der Waals surface area contributed by atoms with Crippen LogP contribution in [0.5, 0.6) is 5.75 Å². The van der Waals surface area contributed by atoms with E-state index >= 15 is 0 Å². The van der Waals surface area contributed by atoms with Crippen LogP contribution in [0.25, 0.3) is 0 Å². The van der Waals surface area contributed by atoms with Crippen LogP contribution in [-0.4, -0.2) is 31.0 Å². The Balaban J connectivity index is 1.54. The number of hydrogen-bond acceptors (Lipinski definition) is 3. The van der Waals surface area contributed by atoms with Crippen LogP contribution in [0.4, 0.5) is 10.1 Å². The molecule has 5 nitrogen and oxygen atoms in total. The lowest BCUT2D eigenvalue weighted by Crippen LogP contribution is -2.39. The van der Waals surface area contributed by atoms with Gasteiger partial charge in [-0.25, -0.2) is 4.39 Å². The van der Waals surface area contributed by atoms with Gasteiger partial charge in [-0.05, 0) is 36.8 Å². The average molecular weight is 342 g/mol. The van der Waals surface area contributed by atoms with Crippen molar-refractivity contribution >= 4 is 17.5 Å². The quantitative estimate of drug-likeness (QED) is 0.908. The fourth-order valence-electron chi connectivity index (χ4n) is 2.83. The van der Waals surface area contributed by atoms with Gasteiger partial charge >= 0.3 is 0 Å². The Morgan fingerprint density at radius 2 is 2.08 bits per heavy atom. The van der Waals surface area contributed by atoms with Crippen LogP contribution in [0, 0.1) is 12.7 Å². The molecule has 1 heterocycles. The lowest BCUT2D eigenvalue weighted by atomic mass is 10.2. The smallest absolute Gasteiger partial charge is 0.258 e. The van der Waals surface area contributed by atoms with E-state index in [-0.39, 0.29) is 30.9 Å². The molecule has 1 aliphatic heterocycles. The maximum absolute atomic E-state index is 13.3. The zero-order valence-corrected chi connectivity index (χ0v) is 13.9. The summed E-state index contributed by atoms with van der Waals surface area (Å²) in [5, 5.41) is 2.79.